The molecule has 1 fully saturated rings. The van der Waals surface area contributed by atoms with Gasteiger partial charge in [0.15, 0.2) is 0 Å². The number of amides is 1. The highest BCUT2D eigenvalue weighted by atomic mass is 16.6. The zero-order valence-corrected chi connectivity index (χ0v) is 19.9. The molecule has 1 rings (SSSR count). The maximum Gasteiger partial charge on any atom is 0.407 e. The Bertz CT molecular complexity index is 391. The van der Waals surface area contributed by atoms with Gasteiger partial charge in [-0.2, -0.15) is 0 Å². The molecule has 1 N–H and O–H groups in total. The van der Waals surface area contributed by atoms with Crippen molar-refractivity contribution < 1.29 is 19.0 Å². The third-order valence-electron chi connectivity index (χ3n) is 5.88. The molecule has 5 heteroatoms. The Morgan fingerprint density at radius 1 is 0.833 bits per heavy atom. The van der Waals surface area contributed by atoms with E-state index >= 15 is 0 Å². The monoisotopic (exact) mass is 427 g/mol. The van der Waals surface area contributed by atoms with E-state index in [1.54, 1.807) is 0 Å². The van der Waals surface area contributed by atoms with Crippen LogP contribution in [0.1, 0.15) is 110 Å². The van der Waals surface area contributed by atoms with Crippen LogP contribution in [-0.4, -0.2) is 45.2 Å². The van der Waals surface area contributed by atoms with Gasteiger partial charge in [0, 0.05) is 19.1 Å². The molecule has 1 aliphatic rings. The molecule has 1 heterocycles. The number of nitrogens with one attached hydrogen (secondary N) is 1. The molecule has 0 aromatic carbocycles. The lowest BCUT2D eigenvalue weighted by atomic mass is 10.0. The van der Waals surface area contributed by atoms with Gasteiger partial charge in [-0.1, -0.05) is 90.4 Å². The van der Waals surface area contributed by atoms with Gasteiger partial charge in [-0.05, 0) is 19.8 Å². The summed E-state index contributed by atoms with van der Waals surface area (Å²) in [5, 5.41) is 2.62. The summed E-state index contributed by atoms with van der Waals surface area (Å²) in [4.78, 5) is 11.3. The van der Waals surface area contributed by atoms with Crippen LogP contribution < -0.4 is 5.32 Å². The van der Waals surface area contributed by atoms with Crippen molar-refractivity contribution in [3.05, 3.63) is 0 Å². The summed E-state index contributed by atoms with van der Waals surface area (Å²) >= 11 is 0. The molecule has 2 unspecified atom stereocenters. The zero-order valence-electron chi connectivity index (χ0n) is 19.9. The van der Waals surface area contributed by atoms with Crippen LogP contribution in [0.15, 0.2) is 0 Å². The average molecular weight is 428 g/mol. The van der Waals surface area contributed by atoms with Crippen LogP contribution in [-0.2, 0) is 14.2 Å². The van der Waals surface area contributed by atoms with Crippen molar-refractivity contribution in [2.45, 2.75) is 116 Å². The van der Waals surface area contributed by atoms with E-state index in [0.29, 0.717) is 25.7 Å². The first-order valence-electron chi connectivity index (χ1n) is 12.9. The number of hydrogen-bond donors (Lipinski definition) is 1. The molecular weight excluding hydrogens is 378 g/mol. The van der Waals surface area contributed by atoms with E-state index in [2.05, 4.69) is 12.2 Å². The first-order chi connectivity index (χ1) is 14.8. The number of carbonyl (C=O) groups is 1. The van der Waals surface area contributed by atoms with Crippen molar-refractivity contribution in [3.63, 3.8) is 0 Å². The standard InChI is InChI=1S/C25H49NO4/c1-3-5-6-7-8-9-10-11-12-13-14-15-16-17-18-28-20-23-19-24(29-21-23)22-30-25(27)26-4-2/h23-24H,3-22H2,1-2H3,(H,26,27). The topological polar surface area (TPSA) is 56.8 Å². The highest BCUT2D eigenvalue weighted by Crippen LogP contribution is 2.20. The van der Waals surface area contributed by atoms with Crippen LogP contribution in [0, 0.1) is 5.92 Å². The average Bonchev–Trinajstić information content (AvgIpc) is 3.20. The van der Waals surface area contributed by atoms with Crippen molar-refractivity contribution in [1.29, 1.82) is 0 Å². The van der Waals surface area contributed by atoms with Crippen LogP contribution >= 0.6 is 0 Å². The van der Waals surface area contributed by atoms with E-state index in [-0.39, 0.29) is 12.2 Å². The normalized spacial score (nSPS) is 18.6. The molecule has 0 aromatic heterocycles. The second kappa shape index (κ2) is 20.1. The van der Waals surface area contributed by atoms with Gasteiger partial charge in [0.25, 0.3) is 0 Å². The van der Waals surface area contributed by atoms with Gasteiger partial charge in [0.05, 0.1) is 19.3 Å². The molecule has 2 atom stereocenters. The minimum absolute atomic E-state index is 0.0160. The van der Waals surface area contributed by atoms with Crippen molar-refractivity contribution >= 4 is 6.09 Å². The predicted molar refractivity (Wildman–Crippen MR) is 124 cm³/mol. The second-order valence-electron chi connectivity index (χ2n) is 8.86. The number of carbonyl (C=O) groups excluding carboxylic acids is 1. The van der Waals surface area contributed by atoms with Crippen LogP contribution in [0.2, 0.25) is 0 Å². The molecule has 1 saturated heterocycles. The molecule has 0 saturated carbocycles. The highest BCUT2D eigenvalue weighted by Gasteiger charge is 2.26. The first-order valence-corrected chi connectivity index (χ1v) is 12.9. The SMILES string of the molecule is CCCCCCCCCCCCCCCCOCC1COC(COC(=O)NCC)C1. The molecule has 0 bridgehead atoms. The van der Waals surface area contributed by atoms with E-state index in [9.17, 15) is 4.79 Å². The van der Waals surface area contributed by atoms with E-state index in [1.807, 2.05) is 6.92 Å². The van der Waals surface area contributed by atoms with E-state index in [1.165, 1.54) is 83.5 Å². The first kappa shape index (κ1) is 27.2. The maximum atomic E-state index is 11.3. The molecule has 1 amide bonds. The quantitative estimate of drug-likeness (QED) is 0.221. The summed E-state index contributed by atoms with van der Waals surface area (Å²) in [6, 6.07) is 0. The zero-order chi connectivity index (χ0) is 21.7. The van der Waals surface area contributed by atoms with Crippen molar-refractivity contribution in [2.75, 3.05) is 33.0 Å². The number of unbranched alkanes of at least 4 members (excludes halogenated alkanes) is 13. The Morgan fingerprint density at radius 3 is 1.97 bits per heavy atom. The Hall–Kier alpha value is -0.810. The van der Waals surface area contributed by atoms with Crippen molar-refractivity contribution in [3.8, 4) is 0 Å². The fraction of sp³-hybridized carbons (Fsp3) is 0.960. The highest BCUT2D eigenvalue weighted by molar-refractivity contribution is 5.66. The van der Waals surface area contributed by atoms with Crippen LogP contribution in [0.4, 0.5) is 4.79 Å². The number of alkyl carbamates (subject to hydrolysis) is 1. The molecular formula is C25H49NO4. The summed E-state index contributed by atoms with van der Waals surface area (Å²) in [7, 11) is 0. The van der Waals surface area contributed by atoms with E-state index < -0.39 is 0 Å². The molecule has 0 spiro atoms. The van der Waals surface area contributed by atoms with E-state index in [4.69, 9.17) is 14.2 Å². The van der Waals surface area contributed by atoms with Gasteiger partial charge in [-0.3, -0.25) is 0 Å². The van der Waals surface area contributed by atoms with Gasteiger partial charge in [0.1, 0.15) is 6.61 Å². The van der Waals surface area contributed by atoms with E-state index in [0.717, 1.165) is 26.1 Å². The summed E-state index contributed by atoms with van der Waals surface area (Å²) in [5.74, 6) is 0.430. The summed E-state index contributed by atoms with van der Waals surface area (Å²) in [6.07, 6.45) is 19.9. The molecule has 0 aromatic rings. The second-order valence-corrected chi connectivity index (χ2v) is 8.86. The Kier molecular flexibility index (Phi) is 18.3. The lowest BCUT2D eigenvalue weighted by Gasteiger charge is -2.11. The maximum absolute atomic E-state index is 11.3. The van der Waals surface area contributed by atoms with Crippen LogP contribution in [0.5, 0.6) is 0 Å². The third kappa shape index (κ3) is 16.0. The molecule has 0 aliphatic carbocycles. The number of ether oxygens (including phenoxy) is 3. The molecule has 1 aliphatic heterocycles. The Labute approximate surface area is 186 Å². The van der Waals surface area contributed by atoms with Gasteiger partial charge in [0.2, 0.25) is 0 Å². The fourth-order valence-electron chi connectivity index (χ4n) is 4.03. The van der Waals surface area contributed by atoms with Crippen molar-refractivity contribution in [2.24, 2.45) is 5.92 Å². The van der Waals surface area contributed by atoms with Gasteiger partial charge >= 0.3 is 6.09 Å². The molecule has 0 radical (unpaired) electrons. The van der Waals surface area contributed by atoms with Crippen LogP contribution in [0.25, 0.3) is 0 Å². The number of rotatable bonds is 20. The Morgan fingerprint density at radius 2 is 1.40 bits per heavy atom. The minimum Gasteiger partial charge on any atom is -0.447 e. The lowest BCUT2D eigenvalue weighted by molar-refractivity contribution is 0.0394. The van der Waals surface area contributed by atoms with Gasteiger partial charge < -0.3 is 19.5 Å². The Balaban J connectivity index is 1.77. The largest absolute Gasteiger partial charge is 0.447 e. The minimum atomic E-state index is -0.362. The number of hydrogen-bond acceptors (Lipinski definition) is 4. The van der Waals surface area contributed by atoms with Crippen LogP contribution in [0.3, 0.4) is 0 Å². The molecule has 178 valence electrons. The lowest BCUT2D eigenvalue weighted by Crippen LogP contribution is -2.27. The molecule has 5 nitrogen and oxygen atoms in total. The fourth-order valence-corrected chi connectivity index (χ4v) is 4.03. The van der Waals surface area contributed by atoms with Gasteiger partial charge in [-0.25, -0.2) is 4.79 Å². The molecule has 30 heavy (non-hydrogen) atoms. The third-order valence-corrected chi connectivity index (χ3v) is 5.88. The van der Waals surface area contributed by atoms with Gasteiger partial charge in [-0.15, -0.1) is 0 Å². The summed E-state index contributed by atoms with van der Waals surface area (Å²) in [6.45, 7) is 7.40. The summed E-state index contributed by atoms with van der Waals surface area (Å²) in [5.41, 5.74) is 0. The summed E-state index contributed by atoms with van der Waals surface area (Å²) < 4.78 is 16.7. The van der Waals surface area contributed by atoms with Crippen molar-refractivity contribution in [1.82, 2.24) is 5.32 Å². The predicted octanol–water partition coefficient (Wildman–Crippen LogP) is 6.64. The smallest absolute Gasteiger partial charge is 0.407 e.